The molecule has 0 saturated carbocycles. The Morgan fingerprint density at radius 1 is 1.69 bits per heavy atom. The highest BCUT2D eigenvalue weighted by molar-refractivity contribution is 5.70. The van der Waals surface area contributed by atoms with Gasteiger partial charge in [-0.2, -0.15) is 0 Å². The van der Waals surface area contributed by atoms with E-state index in [1.54, 1.807) is 0 Å². The minimum absolute atomic E-state index is 0.0123. The number of hydrogen-bond acceptors (Lipinski definition) is 4. The van der Waals surface area contributed by atoms with E-state index in [2.05, 4.69) is 13.8 Å². The summed E-state index contributed by atoms with van der Waals surface area (Å²) in [6.07, 6.45) is 2.23. The minimum atomic E-state index is -0.210. The molecule has 0 radical (unpaired) electrons. The molecule has 0 aromatic rings. The lowest BCUT2D eigenvalue weighted by Gasteiger charge is -2.39. The molecule has 0 aromatic heterocycles. The third-order valence-corrected chi connectivity index (χ3v) is 3.90. The van der Waals surface area contributed by atoms with E-state index in [1.807, 2.05) is 0 Å². The number of ether oxygens (including phenoxy) is 2. The second-order valence-electron chi connectivity index (χ2n) is 4.83. The quantitative estimate of drug-likeness (QED) is 0.722. The zero-order valence-corrected chi connectivity index (χ0v) is 10.5. The third-order valence-electron chi connectivity index (χ3n) is 3.90. The Kier molecular flexibility index (Phi) is 4.74. The van der Waals surface area contributed by atoms with Gasteiger partial charge in [-0.25, -0.2) is 0 Å². The van der Waals surface area contributed by atoms with E-state index in [-0.39, 0.29) is 17.4 Å². The fraction of sp³-hybridized carbons (Fsp3) is 0.917. The smallest absolute Gasteiger partial charge is 0.306 e. The summed E-state index contributed by atoms with van der Waals surface area (Å²) in [7, 11) is 1.42. The van der Waals surface area contributed by atoms with Crippen LogP contribution in [0.4, 0.5) is 0 Å². The Morgan fingerprint density at radius 2 is 2.38 bits per heavy atom. The van der Waals surface area contributed by atoms with Gasteiger partial charge in [0.15, 0.2) is 0 Å². The highest BCUT2D eigenvalue weighted by atomic mass is 16.5. The first-order chi connectivity index (χ1) is 7.54. The maximum Gasteiger partial charge on any atom is 0.306 e. The van der Waals surface area contributed by atoms with Crippen molar-refractivity contribution in [3.8, 4) is 0 Å². The second-order valence-corrected chi connectivity index (χ2v) is 4.83. The predicted octanol–water partition coefficient (Wildman–Crippen LogP) is 1.33. The number of nitrogens with two attached hydrogens (primary N) is 1. The molecule has 1 aliphatic rings. The predicted molar refractivity (Wildman–Crippen MR) is 61.9 cm³/mol. The summed E-state index contributed by atoms with van der Waals surface area (Å²) >= 11 is 0. The highest BCUT2D eigenvalue weighted by Crippen LogP contribution is 2.40. The summed E-state index contributed by atoms with van der Waals surface area (Å²) in [5, 5.41) is 0. The fourth-order valence-corrected chi connectivity index (χ4v) is 2.48. The van der Waals surface area contributed by atoms with Crippen molar-refractivity contribution in [1.82, 2.24) is 0 Å². The van der Waals surface area contributed by atoms with Crippen LogP contribution < -0.4 is 5.73 Å². The Bertz CT molecular complexity index is 238. The molecule has 0 aliphatic carbocycles. The number of esters is 1. The van der Waals surface area contributed by atoms with Gasteiger partial charge in [0, 0.05) is 12.6 Å². The number of hydrogen-bond donors (Lipinski definition) is 1. The molecule has 1 rings (SSSR count). The molecular weight excluding hydrogens is 206 g/mol. The van der Waals surface area contributed by atoms with E-state index >= 15 is 0 Å². The molecule has 0 amide bonds. The lowest BCUT2D eigenvalue weighted by Crippen LogP contribution is -2.46. The van der Waals surface area contributed by atoms with E-state index in [4.69, 9.17) is 15.2 Å². The summed E-state index contributed by atoms with van der Waals surface area (Å²) < 4.78 is 10.2. The molecule has 2 N–H and O–H groups in total. The maximum atomic E-state index is 11.5. The second kappa shape index (κ2) is 5.64. The summed E-state index contributed by atoms with van der Waals surface area (Å²) in [6.45, 7) is 5.62. The normalized spacial score (nSPS) is 26.1. The molecule has 4 heteroatoms. The minimum Gasteiger partial charge on any atom is -0.469 e. The van der Waals surface area contributed by atoms with Crippen molar-refractivity contribution in [1.29, 1.82) is 0 Å². The topological polar surface area (TPSA) is 61.6 Å². The van der Waals surface area contributed by atoms with E-state index in [1.165, 1.54) is 7.11 Å². The van der Waals surface area contributed by atoms with Gasteiger partial charge in [0.25, 0.3) is 0 Å². The van der Waals surface area contributed by atoms with Gasteiger partial charge in [-0.05, 0) is 24.2 Å². The molecule has 1 saturated heterocycles. The van der Waals surface area contributed by atoms with Crippen molar-refractivity contribution in [3.63, 3.8) is 0 Å². The molecule has 4 nitrogen and oxygen atoms in total. The molecule has 1 aliphatic heterocycles. The van der Waals surface area contributed by atoms with Crippen LogP contribution in [0.5, 0.6) is 0 Å². The van der Waals surface area contributed by atoms with Crippen LogP contribution in [0.1, 0.15) is 33.1 Å². The fourth-order valence-electron chi connectivity index (χ4n) is 2.48. The first kappa shape index (κ1) is 13.5. The zero-order chi connectivity index (χ0) is 12.2. The van der Waals surface area contributed by atoms with Crippen LogP contribution >= 0.6 is 0 Å². The molecule has 3 unspecified atom stereocenters. The first-order valence-electron chi connectivity index (χ1n) is 5.94. The molecule has 0 bridgehead atoms. The van der Waals surface area contributed by atoms with Gasteiger partial charge in [0.2, 0.25) is 0 Å². The van der Waals surface area contributed by atoms with Crippen LogP contribution in [0.25, 0.3) is 0 Å². The van der Waals surface area contributed by atoms with E-state index in [9.17, 15) is 4.79 Å². The number of carbonyl (C=O) groups is 1. The van der Waals surface area contributed by atoms with Crippen LogP contribution in [0, 0.1) is 11.3 Å². The summed E-state index contributed by atoms with van der Waals surface area (Å²) in [5.41, 5.74) is 5.96. The molecule has 0 aromatic carbocycles. The van der Waals surface area contributed by atoms with Gasteiger partial charge in [0.05, 0.1) is 20.1 Å². The molecule has 3 atom stereocenters. The average Bonchev–Trinajstić information content (AvgIpc) is 2.81. The van der Waals surface area contributed by atoms with Crippen LogP contribution in [-0.2, 0) is 14.3 Å². The molecule has 94 valence electrons. The largest absolute Gasteiger partial charge is 0.469 e. The van der Waals surface area contributed by atoms with Crippen LogP contribution in [0.2, 0.25) is 0 Å². The number of carbonyl (C=O) groups excluding carboxylic acids is 1. The molecule has 16 heavy (non-hydrogen) atoms. The monoisotopic (exact) mass is 229 g/mol. The molecular formula is C12H23NO3. The number of methoxy groups -OCH3 is 1. The summed E-state index contributed by atoms with van der Waals surface area (Å²) in [6, 6.07) is 0.0123. The van der Waals surface area contributed by atoms with Crippen molar-refractivity contribution in [3.05, 3.63) is 0 Å². The first-order valence-corrected chi connectivity index (χ1v) is 5.94. The lowest BCUT2D eigenvalue weighted by atomic mass is 9.68. The molecule has 0 spiro atoms. The average molecular weight is 229 g/mol. The number of rotatable bonds is 5. The standard InChI is InChI=1S/C12H23NO3/c1-4-10(13)12(2,7-11(14)15-3)9-5-6-16-8-9/h9-10H,4-8,13H2,1-3H3. The summed E-state index contributed by atoms with van der Waals surface area (Å²) in [5.74, 6) is 0.180. The van der Waals surface area contributed by atoms with Gasteiger partial charge >= 0.3 is 5.97 Å². The van der Waals surface area contributed by atoms with E-state index in [0.29, 0.717) is 18.9 Å². The summed E-state index contributed by atoms with van der Waals surface area (Å²) in [4.78, 5) is 11.5. The van der Waals surface area contributed by atoms with Gasteiger partial charge < -0.3 is 15.2 Å². The van der Waals surface area contributed by atoms with Crippen LogP contribution in [0.3, 0.4) is 0 Å². The molecule has 1 fully saturated rings. The SMILES string of the molecule is CCC(N)C(C)(CC(=O)OC)C1CCOC1. The Hall–Kier alpha value is -0.610. The van der Waals surface area contributed by atoms with Gasteiger partial charge in [-0.15, -0.1) is 0 Å². The van der Waals surface area contributed by atoms with Crippen LogP contribution in [0.15, 0.2) is 0 Å². The van der Waals surface area contributed by atoms with Crippen molar-refractivity contribution in [2.45, 2.75) is 39.2 Å². The van der Waals surface area contributed by atoms with Crippen LogP contribution in [-0.4, -0.2) is 32.3 Å². The van der Waals surface area contributed by atoms with E-state index < -0.39 is 0 Å². The molecule has 1 heterocycles. The Labute approximate surface area is 97.5 Å². The Balaban J connectivity index is 2.77. The van der Waals surface area contributed by atoms with Gasteiger partial charge in [-0.3, -0.25) is 4.79 Å². The van der Waals surface area contributed by atoms with Crippen molar-refractivity contribution in [2.24, 2.45) is 17.1 Å². The van der Waals surface area contributed by atoms with Crippen molar-refractivity contribution >= 4 is 5.97 Å². The third kappa shape index (κ3) is 2.74. The van der Waals surface area contributed by atoms with Gasteiger partial charge in [-0.1, -0.05) is 13.8 Å². The maximum absolute atomic E-state index is 11.5. The van der Waals surface area contributed by atoms with E-state index in [0.717, 1.165) is 19.4 Å². The Morgan fingerprint density at radius 3 is 2.81 bits per heavy atom. The van der Waals surface area contributed by atoms with Gasteiger partial charge in [0.1, 0.15) is 0 Å². The highest BCUT2D eigenvalue weighted by Gasteiger charge is 2.42. The van der Waals surface area contributed by atoms with Crippen molar-refractivity contribution < 1.29 is 14.3 Å². The zero-order valence-electron chi connectivity index (χ0n) is 10.5. The van der Waals surface area contributed by atoms with Crippen molar-refractivity contribution in [2.75, 3.05) is 20.3 Å². The lowest BCUT2D eigenvalue weighted by molar-refractivity contribution is -0.144.